The number of unbranched alkanes of at least 4 members (excludes halogenated alkanes) is 5. The summed E-state index contributed by atoms with van der Waals surface area (Å²) in [5.74, 6) is 0. The van der Waals surface area contributed by atoms with Crippen LogP contribution in [0.4, 0.5) is 12.9 Å². The average Bonchev–Trinajstić information content (AvgIpc) is 2.20. The molecule has 2 N–H and O–H groups in total. The van der Waals surface area contributed by atoms with Gasteiger partial charge in [0.25, 0.3) is 0 Å². The molecule has 0 radical (unpaired) electrons. The second kappa shape index (κ2) is 8.87. The molecule has 6 heteroatoms. The van der Waals surface area contributed by atoms with E-state index in [4.69, 9.17) is 10.2 Å². The molecule has 0 rings (SSSR count). The first-order valence-corrected chi connectivity index (χ1v) is 5.95. The Morgan fingerprint density at radius 2 is 1.38 bits per heavy atom. The van der Waals surface area contributed by atoms with Crippen molar-refractivity contribution in [1.82, 2.24) is 0 Å². The number of rotatable bonds is 10. The van der Waals surface area contributed by atoms with Crippen molar-refractivity contribution < 1.29 is 23.2 Å². The Hall–Kier alpha value is -0.225. The Balaban J connectivity index is 3.10. The van der Waals surface area contributed by atoms with Crippen LogP contribution in [-0.4, -0.2) is 29.9 Å². The van der Waals surface area contributed by atoms with Crippen molar-refractivity contribution in [2.45, 2.75) is 57.4 Å². The first-order chi connectivity index (χ1) is 7.45. The third kappa shape index (κ3) is 11.8. The van der Waals surface area contributed by atoms with Crippen LogP contribution in [0.5, 0.6) is 0 Å². The number of halogens is 3. The summed E-state index contributed by atoms with van der Waals surface area (Å²) < 4.78 is 35.5. The van der Waals surface area contributed by atoms with Gasteiger partial charge in [-0.1, -0.05) is 44.8 Å². The maximum atomic E-state index is 11.8. The lowest BCUT2D eigenvalue weighted by Gasteiger charge is -2.12. The minimum absolute atomic E-state index is 0.215. The Kier molecular flexibility index (Phi) is 8.75. The maximum Gasteiger partial charge on any atom is 0.478 e. The highest BCUT2D eigenvalue weighted by molar-refractivity contribution is 6.58. The summed E-state index contributed by atoms with van der Waals surface area (Å²) in [7, 11) is 0. The van der Waals surface area contributed by atoms with Gasteiger partial charge in [-0.15, -0.1) is 0 Å². The molecule has 0 aromatic carbocycles. The zero-order valence-electron chi connectivity index (χ0n) is 9.55. The topological polar surface area (TPSA) is 40.5 Å². The van der Waals surface area contributed by atoms with E-state index in [9.17, 15) is 12.9 Å². The van der Waals surface area contributed by atoms with Gasteiger partial charge in [-0.2, -0.15) is 0 Å². The van der Waals surface area contributed by atoms with E-state index in [0.717, 1.165) is 25.7 Å². The van der Waals surface area contributed by atoms with Crippen molar-refractivity contribution in [2.24, 2.45) is 0 Å². The second-order valence-corrected chi connectivity index (χ2v) is 4.25. The van der Waals surface area contributed by atoms with E-state index in [-0.39, 0.29) is 13.0 Å². The van der Waals surface area contributed by atoms with Gasteiger partial charge in [-0.25, -0.2) is 0 Å². The maximum absolute atomic E-state index is 11.8. The third-order valence-electron chi connectivity index (χ3n) is 2.53. The molecule has 1 atom stereocenters. The van der Waals surface area contributed by atoms with E-state index < -0.39 is 19.4 Å². The van der Waals surface area contributed by atoms with E-state index in [0.29, 0.717) is 12.8 Å². The molecule has 16 heavy (non-hydrogen) atoms. The van der Waals surface area contributed by atoms with Gasteiger partial charge in [0, 0.05) is 0 Å². The Labute approximate surface area is 94.9 Å². The highest BCUT2D eigenvalue weighted by Gasteiger charge is 2.21. The number of aliphatic hydroxyl groups is 2. The van der Waals surface area contributed by atoms with Crippen LogP contribution in [0.15, 0.2) is 0 Å². The molecule has 0 aliphatic rings. The Morgan fingerprint density at radius 1 is 0.875 bits per heavy atom. The third-order valence-corrected chi connectivity index (χ3v) is 2.53. The summed E-state index contributed by atoms with van der Waals surface area (Å²) in [5.41, 5.74) is 0. The van der Waals surface area contributed by atoms with Crippen molar-refractivity contribution in [3.63, 3.8) is 0 Å². The molecule has 0 aliphatic heterocycles. The SMILES string of the molecule is OCC(O)CCCCCCCC[B-](F)(F)F. The molecule has 98 valence electrons. The van der Waals surface area contributed by atoms with E-state index in [2.05, 4.69) is 0 Å². The molecule has 2 nitrogen and oxygen atoms in total. The van der Waals surface area contributed by atoms with Crippen LogP contribution in [-0.2, 0) is 0 Å². The van der Waals surface area contributed by atoms with Gasteiger partial charge in [0.05, 0.1) is 12.7 Å². The van der Waals surface area contributed by atoms with Gasteiger partial charge in [-0.05, 0) is 6.42 Å². The van der Waals surface area contributed by atoms with Crippen LogP contribution >= 0.6 is 0 Å². The zero-order valence-corrected chi connectivity index (χ0v) is 9.55. The normalized spacial score (nSPS) is 14.1. The molecule has 0 aliphatic carbocycles. The molecular weight excluding hydrogens is 220 g/mol. The van der Waals surface area contributed by atoms with Crippen LogP contribution in [0.2, 0.25) is 6.32 Å². The average molecular weight is 241 g/mol. The highest BCUT2D eigenvalue weighted by Crippen LogP contribution is 2.19. The van der Waals surface area contributed by atoms with E-state index in [1.54, 1.807) is 0 Å². The summed E-state index contributed by atoms with van der Waals surface area (Å²) in [6.45, 7) is -4.82. The largest absolute Gasteiger partial charge is 0.478 e. The molecule has 0 aromatic heterocycles. The molecular formula is C10H21BF3O2-. The molecule has 0 aromatic rings. The molecule has 0 spiro atoms. The zero-order chi connectivity index (χ0) is 12.4. The van der Waals surface area contributed by atoms with E-state index in [1.807, 2.05) is 0 Å². The fourth-order valence-electron chi connectivity index (χ4n) is 1.55. The number of aliphatic hydroxyl groups excluding tert-OH is 2. The number of hydrogen-bond acceptors (Lipinski definition) is 2. The van der Waals surface area contributed by atoms with Crippen molar-refractivity contribution in [2.75, 3.05) is 6.61 Å². The summed E-state index contributed by atoms with van der Waals surface area (Å²) in [6, 6.07) is 0. The first kappa shape index (κ1) is 15.8. The molecule has 0 fully saturated rings. The van der Waals surface area contributed by atoms with Crippen molar-refractivity contribution in [1.29, 1.82) is 0 Å². The van der Waals surface area contributed by atoms with Crippen molar-refractivity contribution in [3.05, 3.63) is 0 Å². The van der Waals surface area contributed by atoms with Crippen LogP contribution in [0, 0.1) is 0 Å². The standard InChI is InChI=1S/C10H21BF3O2/c12-11(13,14)8-6-4-2-1-3-5-7-10(16)9-15/h10,15-16H,1-9H2/q-1. The lowest BCUT2D eigenvalue weighted by Crippen LogP contribution is -2.13. The van der Waals surface area contributed by atoms with Gasteiger partial charge >= 0.3 is 6.98 Å². The molecule has 0 bridgehead atoms. The van der Waals surface area contributed by atoms with Gasteiger partial charge in [0.15, 0.2) is 0 Å². The van der Waals surface area contributed by atoms with E-state index in [1.165, 1.54) is 0 Å². The van der Waals surface area contributed by atoms with Gasteiger partial charge in [0.1, 0.15) is 0 Å². The van der Waals surface area contributed by atoms with Crippen LogP contribution in [0.3, 0.4) is 0 Å². The quantitative estimate of drug-likeness (QED) is 0.456. The summed E-state index contributed by atoms with van der Waals surface area (Å²) in [5, 5.41) is 17.5. The molecule has 1 unspecified atom stereocenters. The minimum Gasteiger partial charge on any atom is -0.449 e. The summed E-state index contributed by atoms with van der Waals surface area (Å²) in [4.78, 5) is 0. The van der Waals surface area contributed by atoms with Gasteiger partial charge < -0.3 is 23.2 Å². The van der Waals surface area contributed by atoms with Crippen LogP contribution in [0.1, 0.15) is 44.9 Å². The molecule has 0 saturated heterocycles. The Bertz CT molecular complexity index is 165. The monoisotopic (exact) mass is 241 g/mol. The van der Waals surface area contributed by atoms with Gasteiger partial charge in [-0.3, -0.25) is 0 Å². The lowest BCUT2D eigenvalue weighted by atomic mass is 9.83. The van der Waals surface area contributed by atoms with Gasteiger partial charge in [0.2, 0.25) is 0 Å². The summed E-state index contributed by atoms with van der Waals surface area (Å²) >= 11 is 0. The fraction of sp³-hybridized carbons (Fsp3) is 1.00. The predicted molar refractivity (Wildman–Crippen MR) is 59.3 cm³/mol. The minimum atomic E-state index is -4.60. The molecule has 0 saturated carbocycles. The summed E-state index contributed by atoms with van der Waals surface area (Å²) in [6.07, 6.45) is 3.63. The first-order valence-electron chi connectivity index (χ1n) is 5.95. The van der Waals surface area contributed by atoms with Crippen LogP contribution in [0.25, 0.3) is 0 Å². The van der Waals surface area contributed by atoms with Crippen molar-refractivity contribution in [3.8, 4) is 0 Å². The van der Waals surface area contributed by atoms with Crippen molar-refractivity contribution >= 4 is 6.98 Å². The van der Waals surface area contributed by atoms with Crippen LogP contribution < -0.4 is 0 Å². The Morgan fingerprint density at radius 3 is 1.88 bits per heavy atom. The molecule has 0 heterocycles. The fourth-order valence-corrected chi connectivity index (χ4v) is 1.55. The smallest absolute Gasteiger partial charge is 0.449 e. The highest BCUT2D eigenvalue weighted by atomic mass is 19.4. The number of hydrogen-bond donors (Lipinski definition) is 2. The van der Waals surface area contributed by atoms with E-state index >= 15 is 0 Å². The lowest BCUT2D eigenvalue weighted by molar-refractivity contribution is 0.0860. The predicted octanol–water partition coefficient (Wildman–Crippen LogP) is 2.92. The molecule has 0 amide bonds. The second-order valence-electron chi connectivity index (χ2n) is 4.25.